The number of fused-ring (bicyclic) bond motifs is 10. The Morgan fingerprint density at radius 3 is 2.02 bits per heavy atom. The van der Waals surface area contributed by atoms with Gasteiger partial charge in [0, 0.05) is 59.4 Å². The standard InChI is InChI=1S/C46H27N3OS/c1-3-12-28(13-4-1)38-27-39(48-46(47-38)29-22-25-42-37(26-29)32-17-8-10-21-41(32)50-42)36-19-11-18-34-35-24-23-33-31-16-7-9-20-40(31)49(30-14-5-2-6-15-30)43(33)45(35)51-44(34)36/h1-27H. The van der Waals surface area contributed by atoms with Gasteiger partial charge in [-0.15, -0.1) is 11.3 Å². The number of benzene rings is 7. The molecule has 0 atom stereocenters. The van der Waals surface area contributed by atoms with Crippen LogP contribution >= 0.6 is 11.3 Å². The SMILES string of the molecule is c1ccc(-c2cc(-c3cccc4c3sc3c4ccc4c5ccccc5n(-c5ccccc5)c43)nc(-c3ccc4oc5ccccc5c4c3)n2)cc1. The number of thiophene rings is 1. The van der Waals surface area contributed by atoms with E-state index in [4.69, 9.17) is 14.4 Å². The van der Waals surface area contributed by atoms with Crippen molar-refractivity contribution in [2.45, 2.75) is 0 Å². The summed E-state index contributed by atoms with van der Waals surface area (Å²) in [6.45, 7) is 0. The monoisotopic (exact) mass is 669 g/mol. The number of furan rings is 1. The maximum absolute atomic E-state index is 6.15. The molecule has 0 saturated heterocycles. The van der Waals surface area contributed by atoms with Gasteiger partial charge >= 0.3 is 0 Å². The lowest BCUT2D eigenvalue weighted by molar-refractivity contribution is 0.669. The largest absolute Gasteiger partial charge is 0.456 e. The van der Waals surface area contributed by atoms with Gasteiger partial charge in [0.15, 0.2) is 5.82 Å². The van der Waals surface area contributed by atoms with E-state index in [9.17, 15) is 0 Å². The third kappa shape index (κ3) is 4.32. The van der Waals surface area contributed by atoms with Gasteiger partial charge < -0.3 is 8.98 Å². The molecule has 238 valence electrons. The maximum Gasteiger partial charge on any atom is 0.160 e. The van der Waals surface area contributed by atoms with Gasteiger partial charge in [-0.25, -0.2) is 9.97 Å². The van der Waals surface area contributed by atoms with Crippen molar-refractivity contribution in [3.63, 3.8) is 0 Å². The highest BCUT2D eigenvalue weighted by Gasteiger charge is 2.20. The molecule has 0 aliphatic rings. The Morgan fingerprint density at radius 2 is 1.14 bits per heavy atom. The van der Waals surface area contributed by atoms with Crippen LogP contribution in [0.4, 0.5) is 0 Å². The molecule has 4 aromatic heterocycles. The molecule has 0 aliphatic carbocycles. The van der Waals surface area contributed by atoms with Crippen molar-refractivity contribution < 1.29 is 4.42 Å². The van der Waals surface area contributed by atoms with Crippen molar-refractivity contribution in [1.82, 2.24) is 14.5 Å². The molecule has 0 bridgehead atoms. The van der Waals surface area contributed by atoms with Crippen LogP contribution in [0.3, 0.4) is 0 Å². The summed E-state index contributed by atoms with van der Waals surface area (Å²) in [4.78, 5) is 10.5. The second kappa shape index (κ2) is 11.0. The highest BCUT2D eigenvalue weighted by Crippen LogP contribution is 2.46. The summed E-state index contributed by atoms with van der Waals surface area (Å²) in [6, 6.07) is 57.6. The lowest BCUT2D eigenvalue weighted by Gasteiger charge is -2.10. The van der Waals surface area contributed by atoms with Crippen molar-refractivity contribution >= 4 is 75.3 Å². The third-order valence-corrected chi connectivity index (χ3v) is 11.3. The van der Waals surface area contributed by atoms with Crippen LogP contribution in [0.5, 0.6) is 0 Å². The van der Waals surface area contributed by atoms with E-state index in [0.717, 1.165) is 55.7 Å². The Labute approximate surface area is 296 Å². The van der Waals surface area contributed by atoms with E-state index in [1.165, 1.54) is 42.0 Å². The lowest BCUT2D eigenvalue weighted by Crippen LogP contribution is -1.96. The van der Waals surface area contributed by atoms with Crippen LogP contribution in [-0.2, 0) is 0 Å². The minimum atomic E-state index is 0.684. The molecule has 0 amide bonds. The first-order chi connectivity index (χ1) is 25.3. The van der Waals surface area contributed by atoms with Gasteiger partial charge in [0.25, 0.3) is 0 Å². The van der Waals surface area contributed by atoms with Crippen molar-refractivity contribution in [3.8, 4) is 39.6 Å². The van der Waals surface area contributed by atoms with Crippen molar-refractivity contribution in [1.29, 1.82) is 0 Å². The highest BCUT2D eigenvalue weighted by molar-refractivity contribution is 7.27. The number of hydrogen-bond donors (Lipinski definition) is 0. The Balaban J connectivity index is 1.18. The number of para-hydroxylation sites is 3. The van der Waals surface area contributed by atoms with Gasteiger partial charge in [-0.05, 0) is 48.5 Å². The van der Waals surface area contributed by atoms with Gasteiger partial charge in [-0.2, -0.15) is 0 Å². The molecule has 11 rings (SSSR count). The summed E-state index contributed by atoms with van der Waals surface area (Å²) in [5, 5.41) is 7.14. The van der Waals surface area contributed by atoms with E-state index in [1.807, 2.05) is 41.7 Å². The number of aromatic nitrogens is 3. The molecule has 0 aliphatic heterocycles. The van der Waals surface area contributed by atoms with Crippen molar-refractivity contribution in [2.75, 3.05) is 0 Å². The fraction of sp³-hybridized carbons (Fsp3) is 0. The molecular formula is C46H27N3OS. The maximum atomic E-state index is 6.15. The average molecular weight is 670 g/mol. The van der Waals surface area contributed by atoms with E-state index in [0.29, 0.717) is 5.82 Å². The number of nitrogens with zero attached hydrogens (tertiary/aromatic N) is 3. The Hall–Kier alpha value is -6.56. The molecule has 4 heterocycles. The molecular weight excluding hydrogens is 643 g/mol. The van der Waals surface area contributed by atoms with Crippen LogP contribution < -0.4 is 0 Å². The number of rotatable bonds is 4. The molecule has 11 aromatic rings. The molecule has 7 aromatic carbocycles. The van der Waals surface area contributed by atoms with E-state index in [1.54, 1.807) is 0 Å². The zero-order chi connectivity index (χ0) is 33.5. The molecule has 4 nitrogen and oxygen atoms in total. The first-order valence-corrected chi connectivity index (χ1v) is 17.9. The summed E-state index contributed by atoms with van der Waals surface area (Å²) in [5.74, 6) is 0.684. The smallest absolute Gasteiger partial charge is 0.160 e. The minimum Gasteiger partial charge on any atom is -0.456 e. The van der Waals surface area contributed by atoms with E-state index < -0.39 is 0 Å². The number of hydrogen-bond acceptors (Lipinski definition) is 4. The van der Waals surface area contributed by atoms with Crippen molar-refractivity contribution in [2.24, 2.45) is 0 Å². The summed E-state index contributed by atoms with van der Waals surface area (Å²) in [7, 11) is 0. The van der Waals surface area contributed by atoms with Gasteiger partial charge in [0.2, 0.25) is 0 Å². The van der Waals surface area contributed by atoms with Gasteiger partial charge in [0.05, 0.1) is 27.1 Å². The summed E-state index contributed by atoms with van der Waals surface area (Å²) < 4.78 is 11.1. The van der Waals surface area contributed by atoms with E-state index in [2.05, 4.69) is 138 Å². The second-order valence-corrected chi connectivity index (χ2v) is 14.0. The zero-order valence-corrected chi connectivity index (χ0v) is 28.1. The van der Waals surface area contributed by atoms with Gasteiger partial charge in [-0.1, -0.05) is 115 Å². The summed E-state index contributed by atoms with van der Waals surface area (Å²) in [6.07, 6.45) is 0. The quantitative estimate of drug-likeness (QED) is 0.187. The van der Waals surface area contributed by atoms with Crippen LogP contribution in [0, 0.1) is 0 Å². The predicted molar refractivity (Wildman–Crippen MR) is 213 cm³/mol. The molecule has 0 unspecified atom stereocenters. The first kappa shape index (κ1) is 28.3. The molecule has 0 spiro atoms. The van der Waals surface area contributed by atoms with Crippen LogP contribution in [0.2, 0.25) is 0 Å². The van der Waals surface area contributed by atoms with Gasteiger partial charge in [0.1, 0.15) is 11.2 Å². The van der Waals surface area contributed by atoms with Crippen LogP contribution in [0.15, 0.2) is 168 Å². The van der Waals surface area contributed by atoms with E-state index in [-0.39, 0.29) is 0 Å². The first-order valence-electron chi connectivity index (χ1n) is 17.1. The van der Waals surface area contributed by atoms with E-state index >= 15 is 0 Å². The average Bonchev–Trinajstić information content (AvgIpc) is 3.88. The summed E-state index contributed by atoms with van der Waals surface area (Å²) in [5.41, 5.74) is 10.2. The Morgan fingerprint density at radius 1 is 0.451 bits per heavy atom. The molecule has 5 heteroatoms. The second-order valence-electron chi connectivity index (χ2n) is 12.9. The summed E-state index contributed by atoms with van der Waals surface area (Å²) >= 11 is 1.85. The van der Waals surface area contributed by atoms with Crippen molar-refractivity contribution in [3.05, 3.63) is 164 Å². The van der Waals surface area contributed by atoms with Gasteiger partial charge in [-0.3, -0.25) is 0 Å². The van der Waals surface area contributed by atoms with Crippen LogP contribution in [0.1, 0.15) is 0 Å². The normalized spacial score (nSPS) is 11.9. The minimum absolute atomic E-state index is 0.684. The molecule has 0 N–H and O–H groups in total. The topological polar surface area (TPSA) is 43.9 Å². The van der Waals surface area contributed by atoms with Crippen LogP contribution in [0.25, 0.3) is 104 Å². The fourth-order valence-electron chi connectivity index (χ4n) is 7.69. The Kier molecular flexibility index (Phi) is 6.09. The Bertz CT molecular complexity index is 3140. The molecule has 0 saturated carbocycles. The fourth-order valence-corrected chi connectivity index (χ4v) is 9.05. The lowest BCUT2D eigenvalue weighted by atomic mass is 10.0. The van der Waals surface area contributed by atoms with Crippen LogP contribution in [-0.4, -0.2) is 14.5 Å². The molecule has 51 heavy (non-hydrogen) atoms. The predicted octanol–water partition coefficient (Wildman–Crippen LogP) is 12.8. The highest BCUT2D eigenvalue weighted by atomic mass is 32.1. The zero-order valence-electron chi connectivity index (χ0n) is 27.2. The molecule has 0 radical (unpaired) electrons. The molecule has 0 fully saturated rings. The third-order valence-electron chi connectivity index (χ3n) is 10.0.